The van der Waals surface area contributed by atoms with E-state index in [1.54, 1.807) is 44.4 Å². The number of hydrogen-bond donors (Lipinski definition) is 1. The van der Waals surface area contributed by atoms with E-state index in [1.165, 1.54) is 15.6 Å². The molecule has 0 spiro atoms. The van der Waals surface area contributed by atoms with Crippen LogP contribution in [-0.2, 0) is 14.1 Å². The van der Waals surface area contributed by atoms with Crippen LogP contribution in [0, 0.1) is 0 Å². The van der Waals surface area contributed by atoms with Crippen molar-refractivity contribution in [3.8, 4) is 0 Å². The lowest BCUT2D eigenvalue weighted by molar-refractivity contribution is 0.102. The Morgan fingerprint density at radius 3 is 2.20 bits per heavy atom. The summed E-state index contributed by atoms with van der Waals surface area (Å²) in [6.45, 7) is 1.73. The number of carbonyl (C=O) groups excluding carboxylic acids is 1. The third-order valence-corrected chi connectivity index (χ3v) is 5.87. The zero-order chi connectivity index (χ0) is 21.4. The topological polar surface area (TPSA) is 76.3 Å². The quantitative estimate of drug-likeness (QED) is 0.653. The molecule has 2 heterocycles. The summed E-state index contributed by atoms with van der Waals surface area (Å²) in [6.07, 6.45) is 3.29. The minimum Gasteiger partial charge on any atom is -0.370 e. The van der Waals surface area contributed by atoms with E-state index in [0.29, 0.717) is 27.3 Å². The van der Waals surface area contributed by atoms with Gasteiger partial charge in [-0.05, 0) is 49.6 Å². The van der Waals surface area contributed by atoms with Crippen LogP contribution in [0.1, 0.15) is 29.6 Å². The van der Waals surface area contributed by atoms with Crippen LogP contribution in [-0.4, -0.2) is 28.1 Å². The number of amides is 1. The van der Waals surface area contributed by atoms with Crippen molar-refractivity contribution in [3.05, 3.63) is 67.7 Å². The average molecular weight is 427 g/mol. The Morgan fingerprint density at radius 2 is 1.57 bits per heavy atom. The first-order chi connectivity index (χ1) is 14.4. The predicted molar refractivity (Wildman–Crippen MR) is 120 cm³/mol. The van der Waals surface area contributed by atoms with Gasteiger partial charge in [0.15, 0.2) is 0 Å². The van der Waals surface area contributed by atoms with E-state index in [9.17, 15) is 14.4 Å². The molecule has 1 aliphatic rings. The lowest BCUT2D eigenvalue weighted by Crippen LogP contribution is -2.39. The number of piperidine rings is 1. The van der Waals surface area contributed by atoms with Crippen LogP contribution in [0.3, 0.4) is 0 Å². The Kier molecular flexibility index (Phi) is 5.39. The fraction of sp³-hybridized carbons (Fsp3) is 0.318. The highest BCUT2D eigenvalue weighted by Gasteiger charge is 2.20. The van der Waals surface area contributed by atoms with E-state index in [-0.39, 0.29) is 5.91 Å². The molecule has 0 saturated carbocycles. The minimum atomic E-state index is -0.608. The Labute approximate surface area is 178 Å². The summed E-state index contributed by atoms with van der Waals surface area (Å²) in [6, 6.07) is 10.4. The van der Waals surface area contributed by atoms with Crippen molar-refractivity contribution in [2.24, 2.45) is 14.1 Å². The molecular formula is C22H23ClN4O3. The molecule has 1 saturated heterocycles. The second kappa shape index (κ2) is 7.99. The minimum absolute atomic E-state index is 0.287. The maximum Gasteiger partial charge on any atom is 0.316 e. The lowest BCUT2D eigenvalue weighted by atomic mass is 10.1. The van der Waals surface area contributed by atoms with E-state index < -0.39 is 11.1 Å². The highest BCUT2D eigenvalue weighted by molar-refractivity contribution is 6.31. The van der Waals surface area contributed by atoms with Gasteiger partial charge in [0, 0.05) is 37.8 Å². The van der Waals surface area contributed by atoms with Crippen molar-refractivity contribution in [1.82, 2.24) is 9.13 Å². The van der Waals surface area contributed by atoms with Crippen LogP contribution in [0.25, 0.3) is 11.0 Å². The van der Waals surface area contributed by atoms with E-state index in [0.717, 1.165) is 31.6 Å². The van der Waals surface area contributed by atoms with Gasteiger partial charge in [-0.3, -0.25) is 14.4 Å². The molecule has 8 heteroatoms. The van der Waals surface area contributed by atoms with Gasteiger partial charge in [-0.2, -0.15) is 0 Å². The van der Waals surface area contributed by atoms with Gasteiger partial charge >= 0.3 is 11.1 Å². The number of nitrogens with zero attached hydrogens (tertiary/aromatic N) is 3. The molecule has 3 aromatic rings. The van der Waals surface area contributed by atoms with E-state index in [4.69, 9.17) is 11.6 Å². The van der Waals surface area contributed by atoms with Gasteiger partial charge in [0.1, 0.15) is 0 Å². The molecule has 4 rings (SSSR count). The molecule has 1 fully saturated rings. The highest BCUT2D eigenvalue weighted by atomic mass is 35.5. The Bertz CT molecular complexity index is 1260. The van der Waals surface area contributed by atoms with Gasteiger partial charge in [0.25, 0.3) is 5.91 Å². The SMILES string of the molecule is Cn1c(=O)c(=O)n(C)c2cc(N3CCCCC3)c(NC(=O)c3cccc(Cl)c3)cc21. The first-order valence-electron chi connectivity index (χ1n) is 9.92. The fourth-order valence-electron chi connectivity index (χ4n) is 3.93. The molecule has 1 aliphatic heterocycles. The van der Waals surface area contributed by atoms with Gasteiger partial charge in [-0.25, -0.2) is 0 Å². The van der Waals surface area contributed by atoms with Crippen LogP contribution in [0.15, 0.2) is 46.0 Å². The number of fused-ring (bicyclic) bond motifs is 1. The van der Waals surface area contributed by atoms with E-state index in [2.05, 4.69) is 10.2 Å². The first kappa shape index (κ1) is 20.2. The monoisotopic (exact) mass is 426 g/mol. The van der Waals surface area contributed by atoms with Crippen LogP contribution in [0.5, 0.6) is 0 Å². The largest absolute Gasteiger partial charge is 0.370 e. The number of carbonyl (C=O) groups is 1. The second-order valence-electron chi connectivity index (χ2n) is 7.60. The third-order valence-electron chi connectivity index (χ3n) is 5.64. The summed E-state index contributed by atoms with van der Waals surface area (Å²) in [5.41, 5.74) is 1.91. The average Bonchev–Trinajstić information content (AvgIpc) is 2.76. The van der Waals surface area contributed by atoms with Crippen molar-refractivity contribution < 1.29 is 4.79 Å². The predicted octanol–water partition coefficient (Wildman–Crippen LogP) is 3.13. The maximum absolute atomic E-state index is 12.9. The number of aryl methyl sites for hydroxylation is 2. The number of hydrogen-bond acceptors (Lipinski definition) is 4. The molecule has 2 aromatic carbocycles. The molecule has 156 valence electrons. The molecule has 0 aliphatic carbocycles. The van der Waals surface area contributed by atoms with Crippen LogP contribution in [0.2, 0.25) is 5.02 Å². The standard InChI is InChI=1S/C22H23ClN4O3/c1-25-18-12-16(24-20(28)14-7-6-8-15(23)11-14)17(27-9-4-3-5-10-27)13-19(18)26(2)22(30)21(25)29/h6-8,11-13H,3-5,9-10H2,1-2H3,(H,24,28). The van der Waals surface area contributed by atoms with E-state index in [1.807, 2.05) is 6.07 Å². The van der Waals surface area contributed by atoms with Gasteiger partial charge in [-0.15, -0.1) is 0 Å². The molecule has 0 bridgehead atoms. The van der Waals surface area contributed by atoms with Crippen molar-refractivity contribution in [1.29, 1.82) is 0 Å². The molecule has 0 atom stereocenters. The summed E-state index contributed by atoms with van der Waals surface area (Å²) in [5, 5.41) is 3.46. The zero-order valence-corrected chi connectivity index (χ0v) is 17.7. The number of benzene rings is 2. The lowest BCUT2D eigenvalue weighted by Gasteiger charge is -2.31. The van der Waals surface area contributed by atoms with Crippen molar-refractivity contribution in [2.75, 3.05) is 23.3 Å². The molecule has 1 N–H and O–H groups in total. The number of nitrogens with one attached hydrogen (secondary N) is 1. The molecule has 7 nitrogen and oxygen atoms in total. The van der Waals surface area contributed by atoms with Crippen molar-refractivity contribution in [3.63, 3.8) is 0 Å². The fourth-order valence-corrected chi connectivity index (χ4v) is 4.12. The van der Waals surface area contributed by atoms with Crippen molar-refractivity contribution >= 4 is 39.9 Å². The Morgan fingerprint density at radius 1 is 0.933 bits per heavy atom. The summed E-state index contributed by atoms with van der Waals surface area (Å²) < 4.78 is 2.69. The molecule has 0 radical (unpaired) electrons. The van der Waals surface area contributed by atoms with Gasteiger partial charge in [-0.1, -0.05) is 17.7 Å². The summed E-state index contributed by atoms with van der Waals surface area (Å²) in [5.74, 6) is -0.287. The highest BCUT2D eigenvalue weighted by Crippen LogP contribution is 2.33. The number of halogens is 1. The van der Waals surface area contributed by atoms with Crippen molar-refractivity contribution in [2.45, 2.75) is 19.3 Å². The van der Waals surface area contributed by atoms with Gasteiger partial charge in [0.05, 0.1) is 22.4 Å². The Hall–Kier alpha value is -3.06. The molecule has 1 aromatic heterocycles. The molecule has 30 heavy (non-hydrogen) atoms. The van der Waals surface area contributed by atoms with Crippen LogP contribution in [0.4, 0.5) is 11.4 Å². The zero-order valence-electron chi connectivity index (χ0n) is 16.9. The smallest absolute Gasteiger partial charge is 0.316 e. The normalized spacial score (nSPS) is 14.2. The Balaban J connectivity index is 1.88. The second-order valence-corrected chi connectivity index (χ2v) is 8.04. The number of aromatic nitrogens is 2. The van der Waals surface area contributed by atoms with Gasteiger partial charge < -0.3 is 19.4 Å². The van der Waals surface area contributed by atoms with Crippen LogP contribution < -0.4 is 21.3 Å². The van der Waals surface area contributed by atoms with Crippen LogP contribution >= 0.6 is 11.6 Å². The number of rotatable bonds is 3. The van der Waals surface area contributed by atoms with Gasteiger partial charge in [0.2, 0.25) is 0 Å². The number of anilines is 2. The molecule has 0 unspecified atom stereocenters. The summed E-state index contributed by atoms with van der Waals surface area (Å²) in [4.78, 5) is 39.7. The summed E-state index contributed by atoms with van der Waals surface area (Å²) >= 11 is 6.03. The van der Waals surface area contributed by atoms with E-state index >= 15 is 0 Å². The first-order valence-corrected chi connectivity index (χ1v) is 10.3. The third kappa shape index (κ3) is 3.61. The summed E-state index contributed by atoms with van der Waals surface area (Å²) in [7, 11) is 3.16. The maximum atomic E-state index is 12.9. The molecule has 1 amide bonds. The molecular weight excluding hydrogens is 404 g/mol.